The fraction of sp³-hybridized carbons (Fsp3) is 0.385. The average Bonchev–Trinajstić information content (AvgIpc) is 2.84. The molecule has 0 unspecified atom stereocenters. The number of aromatic nitrogens is 3. The van der Waals surface area contributed by atoms with Crippen LogP contribution in [-0.4, -0.2) is 39.0 Å². The number of hydrogen-bond donors (Lipinski definition) is 0. The summed E-state index contributed by atoms with van der Waals surface area (Å²) in [6.45, 7) is 2.83. The summed E-state index contributed by atoms with van der Waals surface area (Å²) in [4.78, 5) is 29.2. The van der Waals surface area contributed by atoms with Crippen molar-refractivity contribution in [3.63, 3.8) is 0 Å². The highest BCUT2D eigenvalue weighted by molar-refractivity contribution is 5.79. The number of methoxy groups -OCH3 is 1. The molecule has 32 heavy (non-hydrogen) atoms. The summed E-state index contributed by atoms with van der Waals surface area (Å²) in [7, 11) is 1.74. The van der Waals surface area contributed by atoms with E-state index in [-0.39, 0.29) is 17.9 Å². The summed E-state index contributed by atoms with van der Waals surface area (Å²) >= 11 is 0. The van der Waals surface area contributed by atoms with E-state index in [0.29, 0.717) is 18.9 Å². The highest BCUT2D eigenvalue weighted by Crippen LogP contribution is 2.29. The van der Waals surface area contributed by atoms with Crippen LogP contribution in [0.5, 0.6) is 0 Å². The van der Waals surface area contributed by atoms with Gasteiger partial charge >= 0.3 is 0 Å². The fourth-order valence-electron chi connectivity index (χ4n) is 4.41. The van der Waals surface area contributed by atoms with E-state index in [9.17, 15) is 4.79 Å². The van der Waals surface area contributed by atoms with Gasteiger partial charge in [0.15, 0.2) is 0 Å². The predicted molar refractivity (Wildman–Crippen MR) is 123 cm³/mol. The van der Waals surface area contributed by atoms with Crippen molar-refractivity contribution >= 4 is 5.91 Å². The van der Waals surface area contributed by atoms with Crippen LogP contribution in [-0.2, 0) is 22.6 Å². The molecule has 2 heterocycles. The Morgan fingerprint density at radius 2 is 1.88 bits per heavy atom. The number of nitrogens with zero attached hydrogens (tertiary/aromatic N) is 4. The molecule has 6 nitrogen and oxygen atoms in total. The van der Waals surface area contributed by atoms with Crippen LogP contribution < -0.4 is 0 Å². The van der Waals surface area contributed by atoms with Crippen molar-refractivity contribution in [1.82, 2.24) is 19.9 Å². The lowest BCUT2D eigenvalue weighted by molar-refractivity contribution is -0.139. The number of pyridine rings is 1. The van der Waals surface area contributed by atoms with Crippen LogP contribution in [0, 0.1) is 12.8 Å². The Kier molecular flexibility index (Phi) is 7.22. The molecule has 4 rings (SSSR count). The predicted octanol–water partition coefficient (Wildman–Crippen LogP) is 4.58. The summed E-state index contributed by atoms with van der Waals surface area (Å²) in [5, 5.41) is 0. The highest BCUT2D eigenvalue weighted by atomic mass is 16.5. The van der Waals surface area contributed by atoms with Gasteiger partial charge in [-0.2, -0.15) is 0 Å². The molecule has 1 aliphatic rings. The quantitative estimate of drug-likeness (QED) is 0.549. The first-order chi connectivity index (χ1) is 15.6. The van der Waals surface area contributed by atoms with E-state index in [1.54, 1.807) is 13.3 Å². The molecule has 1 fully saturated rings. The Morgan fingerprint density at radius 1 is 1.06 bits per heavy atom. The maximum atomic E-state index is 13.7. The van der Waals surface area contributed by atoms with Crippen LogP contribution in [0.2, 0.25) is 0 Å². The molecule has 0 spiro atoms. The number of carbonyl (C=O) groups is 1. The van der Waals surface area contributed by atoms with Gasteiger partial charge in [0.05, 0.1) is 24.0 Å². The second-order valence-electron chi connectivity index (χ2n) is 8.39. The van der Waals surface area contributed by atoms with Gasteiger partial charge in [-0.3, -0.25) is 9.78 Å². The van der Waals surface area contributed by atoms with Crippen molar-refractivity contribution in [3.05, 3.63) is 78.0 Å². The number of hydrogen-bond acceptors (Lipinski definition) is 5. The molecule has 0 saturated heterocycles. The zero-order valence-corrected chi connectivity index (χ0v) is 18.8. The van der Waals surface area contributed by atoms with E-state index in [4.69, 9.17) is 9.72 Å². The van der Waals surface area contributed by atoms with Gasteiger partial charge in [-0.15, -0.1) is 0 Å². The minimum atomic E-state index is -0.0290. The SMILES string of the molecule is CO[C@H]1CCC[C@@H](C(=O)N(Cc2ccccc2)Cc2nc(C)ncc2-c2ccccn2)C1. The number of benzene rings is 1. The Hall–Kier alpha value is -3.12. The van der Waals surface area contributed by atoms with Crippen molar-refractivity contribution in [2.45, 2.75) is 51.8 Å². The lowest BCUT2D eigenvalue weighted by Crippen LogP contribution is -2.39. The van der Waals surface area contributed by atoms with Crippen LogP contribution >= 0.6 is 0 Å². The number of rotatable bonds is 7. The van der Waals surface area contributed by atoms with Crippen LogP contribution in [0.1, 0.15) is 42.8 Å². The summed E-state index contributed by atoms with van der Waals surface area (Å²) in [5.41, 5.74) is 3.59. The maximum Gasteiger partial charge on any atom is 0.226 e. The summed E-state index contributed by atoms with van der Waals surface area (Å²) in [6, 6.07) is 15.9. The van der Waals surface area contributed by atoms with Crippen LogP contribution in [0.15, 0.2) is 60.9 Å². The second kappa shape index (κ2) is 10.5. The van der Waals surface area contributed by atoms with Crippen molar-refractivity contribution < 1.29 is 9.53 Å². The van der Waals surface area contributed by atoms with Gasteiger partial charge in [-0.1, -0.05) is 42.8 Å². The van der Waals surface area contributed by atoms with E-state index in [2.05, 4.69) is 22.1 Å². The maximum absolute atomic E-state index is 13.7. The van der Waals surface area contributed by atoms with Crippen LogP contribution in [0.25, 0.3) is 11.3 Å². The molecular weight excluding hydrogens is 400 g/mol. The minimum Gasteiger partial charge on any atom is -0.381 e. The van der Waals surface area contributed by atoms with E-state index in [0.717, 1.165) is 48.2 Å². The molecule has 2 aromatic heterocycles. The summed E-state index contributed by atoms with van der Waals surface area (Å²) < 4.78 is 5.58. The first-order valence-electron chi connectivity index (χ1n) is 11.2. The Bertz CT molecular complexity index is 1030. The highest BCUT2D eigenvalue weighted by Gasteiger charge is 2.31. The van der Waals surface area contributed by atoms with Gasteiger partial charge in [0.25, 0.3) is 0 Å². The topological polar surface area (TPSA) is 68.2 Å². The van der Waals surface area contributed by atoms with Gasteiger partial charge in [0.1, 0.15) is 5.82 Å². The first-order valence-corrected chi connectivity index (χ1v) is 11.2. The molecule has 1 saturated carbocycles. The van der Waals surface area contributed by atoms with E-state index < -0.39 is 0 Å². The molecule has 0 radical (unpaired) electrons. The molecule has 166 valence electrons. The lowest BCUT2D eigenvalue weighted by atomic mass is 9.86. The Balaban J connectivity index is 1.65. The average molecular weight is 431 g/mol. The fourth-order valence-corrected chi connectivity index (χ4v) is 4.41. The molecule has 0 aliphatic heterocycles. The van der Waals surface area contributed by atoms with Crippen molar-refractivity contribution in [3.8, 4) is 11.3 Å². The number of amides is 1. The third kappa shape index (κ3) is 5.37. The van der Waals surface area contributed by atoms with Crippen molar-refractivity contribution in [2.75, 3.05) is 7.11 Å². The minimum absolute atomic E-state index is 0.0290. The van der Waals surface area contributed by atoms with Gasteiger partial charge in [0.2, 0.25) is 5.91 Å². The molecular formula is C26H30N4O2. The Morgan fingerprint density at radius 3 is 2.62 bits per heavy atom. The molecule has 2 atom stereocenters. The zero-order valence-electron chi connectivity index (χ0n) is 18.8. The summed E-state index contributed by atoms with van der Waals surface area (Å²) in [6.07, 6.45) is 7.44. The molecule has 1 amide bonds. The van der Waals surface area contributed by atoms with Gasteiger partial charge < -0.3 is 9.64 Å². The standard InChI is InChI=1S/C26H30N4O2/c1-19-28-16-23(24-13-6-7-14-27-24)25(29-19)18-30(17-20-9-4-3-5-10-20)26(31)21-11-8-12-22(15-21)32-2/h3-7,9-10,13-14,16,21-22H,8,11-12,15,17-18H2,1-2H3/t21-,22+/m1/s1. The lowest BCUT2D eigenvalue weighted by Gasteiger charge is -2.32. The largest absolute Gasteiger partial charge is 0.381 e. The Labute approximate surface area is 189 Å². The molecule has 0 bridgehead atoms. The summed E-state index contributed by atoms with van der Waals surface area (Å²) in [5.74, 6) is 0.821. The van der Waals surface area contributed by atoms with E-state index in [1.165, 1.54) is 0 Å². The van der Waals surface area contributed by atoms with Crippen molar-refractivity contribution in [1.29, 1.82) is 0 Å². The smallest absolute Gasteiger partial charge is 0.226 e. The van der Waals surface area contributed by atoms with Gasteiger partial charge in [-0.25, -0.2) is 9.97 Å². The van der Waals surface area contributed by atoms with E-state index >= 15 is 0 Å². The van der Waals surface area contributed by atoms with Crippen LogP contribution in [0.4, 0.5) is 0 Å². The number of ether oxygens (including phenoxy) is 1. The normalized spacial score (nSPS) is 18.3. The molecule has 1 aromatic carbocycles. The second-order valence-corrected chi connectivity index (χ2v) is 8.39. The van der Waals surface area contributed by atoms with Gasteiger partial charge in [0, 0.05) is 37.5 Å². The molecule has 0 N–H and O–H groups in total. The zero-order chi connectivity index (χ0) is 22.3. The van der Waals surface area contributed by atoms with Gasteiger partial charge in [-0.05, 0) is 43.9 Å². The third-order valence-corrected chi connectivity index (χ3v) is 6.11. The van der Waals surface area contributed by atoms with Crippen molar-refractivity contribution in [2.24, 2.45) is 5.92 Å². The number of carbonyl (C=O) groups excluding carboxylic acids is 1. The first kappa shape index (κ1) is 22.1. The number of aryl methyl sites for hydroxylation is 1. The monoisotopic (exact) mass is 430 g/mol. The van der Waals surface area contributed by atoms with Crippen LogP contribution in [0.3, 0.4) is 0 Å². The molecule has 3 aromatic rings. The molecule has 6 heteroatoms. The molecule has 1 aliphatic carbocycles. The van der Waals surface area contributed by atoms with E-state index in [1.807, 2.05) is 54.4 Å². The third-order valence-electron chi connectivity index (χ3n) is 6.11.